The van der Waals surface area contributed by atoms with E-state index in [1.54, 1.807) is 36.5 Å². The van der Waals surface area contributed by atoms with Gasteiger partial charge in [0.25, 0.3) is 10.0 Å². The van der Waals surface area contributed by atoms with Crippen LogP contribution in [0, 0.1) is 6.92 Å². The highest BCUT2D eigenvalue weighted by atomic mass is 32.2. The standard InChI is InChI=1S/C23H27N7O2S/c1-16-4-6-19(7-5-16)33(31,32)30-11-9-20-22(25-15-26-23(20)30)28(3)18-8-10-29-14-17(13-24-2)27-21(29)12-18/h4-7,9,11,14-15,18,24H,8,10,12-13H2,1-3H3. The maximum Gasteiger partial charge on any atom is 0.269 e. The van der Waals surface area contributed by atoms with Crippen molar-refractivity contribution in [3.8, 4) is 0 Å². The molecule has 1 N–H and O–H groups in total. The Labute approximate surface area is 193 Å². The molecule has 4 aromatic rings. The van der Waals surface area contributed by atoms with Gasteiger partial charge in [0.05, 0.1) is 16.0 Å². The molecule has 33 heavy (non-hydrogen) atoms. The Bertz CT molecular complexity index is 1410. The summed E-state index contributed by atoms with van der Waals surface area (Å²) in [5, 5.41) is 3.86. The van der Waals surface area contributed by atoms with Gasteiger partial charge in [-0.15, -0.1) is 0 Å². The summed E-state index contributed by atoms with van der Waals surface area (Å²) in [5.74, 6) is 1.78. The van der Waals surface area contributed by atoms with Crippen LogP contribution < -0.4 is 10.2 Å². The summed E-state index contributed by atoms with van der Waals surface area (Å²) in [5.41, 5.74) is 2.42. The van der Waals surface area contributed by atoms with E-state index in [1.165, 1.54) is 10.3 Å². The van der Waals surface area contributed by atoms with Gasteiger partial charge in [-0.25, -0.2) is 27.3 Å². The predicted octanol–water partition coefficient (Wildman–Crippen LogP) is 2.34. The fourth-order valence-corrected chi connectivity index (χ4v) is 5.76. The lowest BCUT2D eigenvalue weighted by molar-refractivity contribution is 0.448. The minimum absolute atomic E-state index is 0.206. The van der Waals surface area contributed by atoms with Crippen LogP contribution in [-0.4, -0.2) is 52.0 Å². The molecule has 0 spiro atoms. The predicted molar refractivity (Wildman–Crippen MR) is 127 cm³/mol. The Morgan fingerprint density at radius 3 is 2.73 bits per heavy atom. The normalized spacial score (nSPS) is 16.2. The van der Waals surface area contributed by atoms with Crippen molar-refractivity contribution in [1.29, 1.82) is 0 Å². The molecule has 172 valence electrons. The van der Waals surface area contributed by atoms with Crippen molar-refractivity contribution in [2.45, 2.75) is 43.8 Å². The Morgan fingerprint density at radius 2 is 1.97 bits per heavy atom. The number of nitrogens with one attached hydrogen (secondary N) is 1. The molecule has 0 aliphatic carbocycles. The third kappa shape index (κ3) is 3.79. The topological polar surface area (TPSA) is 97.9 Å². The number of imidazole rings is 1. The summed E-state index contributed by atoms with van der Waals surface area (Å²) < 4.78 is 30.0. The molecule has 1 aromatic carbocycles. The maximum atomic E-state index is 13.3. The van der Waals surface area contributed by atoms with Crippen molar-refractivity contribution < 1.29 is 8.42 Å². The van der Waals surface area contributed by atoms with Gasteiger partial charge in [0.2, 0.25) is 0 Å². The molecule has 0 amide bonds. The second-order valence-electron chi connectivity index (χ2n) is 8.49. The molecule has 5 rings (SSSR count). The summed E-state index contributed by atoms with van der Waals surface area (Å²) in [6, 6.07) is 8.82. The highest BCUT2D eigenvalue weighted by Crippen LogP contribution is 2.30. The minimum Gasteiger partial charge on any atom is -0.356 e. The van der Waals surface area contributed by atoms with E-state index < -0.39 is 10.0 Å². The number of likely N-dealkylation sites (N-methyl/N-ethyl adjacent to an activating group) is 1. The minimum atomic E-state index is -3.76. The van der Waals surface area contributed by atoms with Crippen LogP contribution in [0.2, 0.25) is 0 Å². The number of rotatable bonds is 6. The number of anilines is 1. The molecule has 9 nitrogen and oxygen atoms in total. The molecular formula is C23H27N7O2S. The summed E-state index contributed by atoms with van der Waals surface area (Å²) in [6.45, 7) is 3.56. The molecule has 1 unspecified atom stereocenters. The number of hydrogen-bond acceptors (Lipinski definition) is 7. The van der Waals surface area contributed by atoms with E-state index in [1.807, 2.05) is 21.0 Å². The second-order valence-corrected chi connectivity index (χ2v) is 10.3. The van der Waals surface area contributed by atoms with E-state index in [9.17, 15) is 8.42 Å². The highest BCUT2D eigenvalue weighted by molar-refractivity contribution is 7.90. The number of nitrogens with zero attached hydrogens (tertiary/aromatic N) is 6. The lowest BCUT2D eigenvalue weighted by Crippen LogP contribution is -2.38. The van der Waals surface area contributed by atoms with Crippen LogP contribution >= 0.6 is 0 Å². The van der Waals surface area contributed by atoms with Gasteiger partial charge in [-0.05, 0) is 38.6 Å². The van der Waals surface area contributed by atoms with Crippen molar-refractivity contribution in [2.24, 2.45) is 0 Å². The Hall–Kier alpha value is -3.24. The van der Waals surface area contributed by atoms with E-state index in [-0.39, 0.29) is 10.9 Å². The molecule has 3 aromatic heterocycles. The molecule has 0 bridgehead atoms. The van der Waals surface area contributed by atoms with Gasteiger partial charge in [0.1, 0.15) is 18.0 Å². The Kier molecular flexibility index (Phi) is 5.41. The van der Waals surface area contributed by atoms with Gasteiger partial charge in [-0.3, -0.25) is 0 Å². The van der Waals surface area contributed by atoms with Crippen LogP contribution in [0.25, 0.3) is 11.0 Å². The highest BCUT2D eigenvalue weighted by Gasteiger charge is 2.27. The first kappa shape index (κ1) is 21.6. The third-order valence-corrected chi connectivity index (χ3v) is 7.96. The van der Waals surface area contributed by atoms with Gasteiger partial charge < -0.3 is 14.8 Å². The molecule has 1 atom stereocenters. The number of hydrogen-bond donors (Lipinski definition) is 1. The van der Waals surface area contributed by atoms with E-state index in [4.69, 9.17) is 4.98 Å². The first-order valence-electron chi connectivity index (χ1n) is 10.9. The Morgan fingerprint density at radius 1 is 1.18 bits per heavy atom. The van der Waals surface area contributed by atoms with Crippen molar-refractivity contribution in [2.75, 3.05) is 19.0 Å². The molecule has 4 heterocycles. The third-order valence-electron chi connectivity index (χ3n) is 6.28. The molecule has 1 aliphatic rings. The smallest absolute Gasteiger partial charge is 0.269 e. The average Bonchev–Trinajstić information content (AvgIpc) is 3.42. The quantitative estimate of drug-likeness (QED) is 0.467. The first-order chi connectivity index (χ1) is 15.9. The van der Waals surface area contributed by atoms with Crippen molar-refractivity contribution in [3.05, 3.63) is 66.1 Å². The maximum absolute atomic E-state index is 13.3. The SMILES string of the molecule is CNCc1cn2c(n1)CC(N(C)c1ncnc3c1ccn3S(=O)(=O)c1ccc(C)cc1)CC2. The van der Waals surface area contributed by atoms with Crippen LogP contribution in [0.1, 0.15) is 23.5 Å². The fourth-order valence-electron chi connectivity index (χ4n) is 4.45. The molecule has 0 fully saturated rings. The summed E-state index contributed by atoms with van der Waals surface area (Å²) >= 11 is 0. The van der Waals surface area contributed by atoms with Gasteiger partial charge in [-0.2, -0.15) is 0 Å². The first-order valence-corrected chi connectivity index (χ1v) is 12.4. The average molecular weight is 466 g/mol. The lowest BCUT2D eigenvalue weighted by Gasteiger charge is -2.32. The van der Waals surface area contributed by atoms with Crippen molar-refractivity contribution >= 4 is 26.9 Å². The van der Waals surface area contributed by atoms with Gasteiger partial charge in [0, 0.05) is 45.0 Å². The van der Waals surface area contributed by atoms with Crippen LogP contribution in [0.5, 0.6) is 0 Å². The number of aromatic nitrogens is 5. The Balaban J connectivity index is 1.47. The van der Waals surface area contributed by atoms with Crippen LogP contribution in [0.4, 0.5) is 5.82 Å². The van der Waals surface area contributed by atoms with Gasteiger partial charge in [0.15, 0.2) is 5.65 Å². The summed E-state index contributed by atoms with van der Waals surface area (Å²) in [7, 11) is 0.162. The lowest BCUT2D eigenvalue weighted by atomic mass is 10.0. The molecule has 1 aliphatic heterocycles. The molecule has 0 radical (unpaired) electrons. The van der Waals surface area contributed by atoms with Crippen LogP contribution in [0.15, 0.2) is 53.9 Å². The van der Waals surface area contributed by atoms with E-state index in [0.717, 1.165) is 48.8 Å². The number of benzene rings is 1. The van der Waals surface area contributed by atoms with Crippen molar-refractivity contribution in [3.63, 3.8) is 0 Å². The van der Waals surface area contributed by atoms with Gasteiger partial charge in [-0.1, -0.05) is 17.7 Å². The molecule has 0 saturated carbocycles. The van der Waals surface area contributed by atoms with E-state index in [2.05, 4.69) is 30.9 Å². The van der Waals surface area contributed by atoms with E-state index >= 15 is 0 Å². The zero-order valence-corrected chi connectivity index (χ0v) is 19.7. The number of aryl methyl sites for hydroxylation is 2. The fraction of sp³-hybridized carbons (Fsp3) is 0.348. The number of fused-ring (bicyclic) bond motifs is 2. The zero-order valence-electron chi connectivity index (χ0n) is 18.9. The molecular weight excluding hydrogens is 438 g/mol. The van der Waals surface area contributed by atoms with Crippen molar-refractivity contribution in [1.82, 2.24) is 28.8 Å². The monoisotopic (exact) mass is 465 g/mol. The van der Waals surface area contributed by atoms with Crippen LogP contribution in [-0.2, 0) is 29.5 Å². The zero-order chi connectivity index (χ0) is 23.2. The summed E-state index contributed by atoms with van der Waals surface area (Å²) in [6.07, 6.45) is 6.86. The largest absolute Gasteiger partial charge is 0.356 e. The van der Waals surface area contributed by atoms with E-state index in [0.29, 0.717) is 11.0 Å². The van der Waals surface area contributed by atoms with Crippen LogP contribution in [0.3, 0.4) is 0 Å². The van der Waals surface area contributed by atoms with Gasteiger partial charge >= 0.3 is 0 Å². The second kappa shape index (κ2) is 8.27. The molecule has 0 saturated heterocycles. The molecule has 10 heteroatoms. The summed E-state index contributed by atoms with van der Waals surface area (Å²) in [4.78, 5) is 16.0.